The Kier molecular flexibility index (Phi) is 13.6. The standard InChI is InChI=1S/C31H31F2N7O19S5/c32-14-3-4-15(33)23(31(44)45)22(14)21-12-1-5-16(34)26-24(12)59-25-13(21)2-6-17(35)27(25)64(57,58)40-20(11-62(52,53)54)30(43)39-19(10-61(49,50)51)29(42)38-18(9-60(46,47)48)28(41)36-7-8-37-63(26,55)56/h1-6,18-20,34,37,40H,7-11,35H2,(H,36,41)(H,38,42)(H,39,43)(H,44,45)(H,46,47,48)(H,49,50,51)(H,52,53,54). The summed E-state index contributed by atoms with van der Waals surface area (Å²) in [6.45, 7) is -1.74. The van der Waals surface area contributed by atoms with Crippen molar-refractivity contribution in [1.82, 2.24) is 25.4 Å². The van der Waals surface area contributed by atoms with E-state index in [0.29, 0.717) is 12.1 Å². The van der Waals surface area contributed by atoms with E-state index in [0.717, 1.165) is 24.3 Å². The smallest absolute Gasteiger partial charge is 0.339 e. The summed E-state index contributed by atoms with van der Waals surface area (Å²) in [7, 11) is -27.2. The largest absolute Gasteiger partial charge is 0.478 e. The highest BCUT2D eigenvalue weighted by Crippen LogP contribution is 2.46. The maximum atomic E-state index is 16.0. The number of aromatic carboxylic acids is 1. The van der Waals surface area contributed by atoms with Gasteiger partial charge in [-0.15, -0.1) is 0 Å². The molecule has 3 amide bonds. The molecule has 3 atom stereocenters. The average molecular weight is 1000 g/mol. The molecule has 12 N–H and O–H groups in total. The van der Waals surface area contributed by atoms with E-state index >= 15 is 8.78 Å². The highest BCUT2D eigenvalue weighted by atomic mass is 32.2. The van der Waals surface area contributed by atoms with Gasteiger partial charge in [0.15, 0.2) is 16.2 Å². The van der Waals surface area contributed by atoms with Crippen molar-refractivity contribution in [1.29, 1.82) is 5.41 Å². The van der Waals surface area contributed by atoms with Crippen molar-refractivity contribution in [2.45, 2.75) is 27.9 Å². The van der Waals surface area contributed by atoms with Crippen molar-refractivity contribution in [2.24, 2.45) is 0 Å². The molecule has 33 heteroatoms. The van der Waals surface area contributed by atoms with Crippen LogP contribution in [-0.4, -0.2) is 133 Å². The number of rotatable bonds is 8. The van der Waals surface area contributed by atoms with Gasteiger partial charge in [-0.3, -0.25) is 33.5 Å². The molecule has 0 radical (unpaired) electrons. The van der Waals surface area contributed by atoms with Gasteiger partial charge in [-0.05, 0) is 36.4 Å². The molecular formula is C31H31F2N7O19S5. The molecule has 0 aromatic heterocycles. The number of hydrogen-bond acceptors (Lipinski definition) is 17. The molecule has 3 aliphatic rings. The zero-order valence-corrected chi connectivity index (χ0v) is 35.6. The average Bonchev–Trinajstić information content (AvgIpc) is 3.13. The lowest BCUT2D eigenvalue weighted by atomic mass is 9.90. The third kappa shape index (κ3) is 10.9. The van der Waals surface area contributed by atoms with Crippen molar-refractivity contribution < 1.29 is 93.2 Å². The van der Waals surface area contributed by atoms with E-state index in [4.69, 9.17) is 15.6 Å². The first-order chi connectivity index (χ1) is 29.3. The number of carbonyl (C=O) groups is 4. The monoisotopic (exact) mass is 1000 g/mol. The molecule has 2 heterocycles. The summed E-state index contributed by atoms with van der Waals surface area (Å²) in [5.41, 5.74) is -0.0475. The number of amides is 3. The predicted octanol–water partition coefficient (Wildman–Crippen LogP) is -3.07. The summed E-state index contributed by atoms with van der Waals surface area (Å²) in [6.07, 6.45) is 0. The van der Waals surface area contributed by atoms with E-state index in [1.54, 1.807) is 10.6 Å². The molecule has 64 heavy (non-hydrogen) atoms. The molecule has 0 fully saturated rings. The van der Waals surface area contributed by atoms with E-state index in [1.165, 1.54) is 4.72 Å². The molecule has 348 valence electrons. The normalized spacial score (nSPS) is 20.4. The molecule has 2 aliphatic heterocycles. The molecule has 0 saturated heterocycles. The third-order valence-corrected chi connectivity index (χ3v) is 14.2. The Morgan fingerprint density at radius 3 is 1.83 bits per heavy atom. The number of nitrogen functional groups attached to an aromatic ring is 1. The number of benzene rings is 3. The SMILES string of the molecule is N=c1ccc2c(-c3c(F)ccc(F)c3C(=O)O)c3ccc(N)c4c3oc-2c1S(=O)(=O)NCCNC(=O)C(CS(=O)(=O)O)NC(=O)C(CS(=O)(=O)O)NC(=O)C(CS(=O)(=O)O)NS4(=O)=O. The summed E-state index contributed by atoms with van der Waals surface area (Å²) >= 11 is 0. The van der Waals surface area contributed by atoms with Gasteiger partial charge in [0.2, 0.25) is 37.8 Å². The van der Waals surface area contributed by atoms with E-state index in [-0.39, 0.29) is 0 Å². The van der Waals surface area contributed by atoms with Crippen molar-refractivity contribution in [3.8, 4) is 22.5 Å². The Hall–Kier alpha value is -5.78. The van der Waals surface area contributed by atoms with E-state index in [2.05, 4.69) is 0 Å². The Morgan fingerprint density at radius 1 is 0.734 bits per heavy atom. The zero-order valence-electron chi connectivity index (χ0n) is 31.5. The molecule has 26 nitrogen and oxygen atoms in total. The van der Waals surface area contributed by atoms with E-state index in [1.807, 2.05) is 10.0 Å². The number of hydrogen-bond donors (Lipinski definition) is 11. The van der Waals surface area contributed by atoms with Gasteiger partial charge in [0.05, 0.1) is 11.0 Å². The number of halogens is 2. The van der Waals surface area contributed by atoms with Gasteiger partial charge in [-0.1, -0.05) is 0 Å². The first-order valence-electron chi connectivity index (χ1n) is 17.2. The Labute approximate surface area is 358 Å². The summed E-state index contributed by atoms with van der Waals surface area (Å²) in [4.78, 5) is 49.9. The van der Waals surface area contributed by atoms with Gasteiger partial charge in [0.1, 0.15) is 57.5 Å². The first-order valence-corrected chi connectivity index (χ1v) is 25.0. The van der Waals surface area contributed by atoms with Gasteiger partial charge >= 0.3 is 5.97 Å². The quantitative estimate of drug-likeness (QED) is 0.0474. The minimum Gasteiger partial charge on any atom is -0.478 e. The first kappa shape index (κ1) is 49.2. The van der Waals surface area contributed by atoms with Crippen molar-refractivity contribution in [3.63, 3.8) is 0 Å². The molecule has 0 spiro atoms. The van der Waals surface area contributed by atoms with Gasteiger partial charge in [0.25, 0.3) is 30.4 Å². The van der Waals surface area contributed by atoms with Crippen LogP contribution >= 0.6 is 0 Å². The minimum atomic E-state index is -5.76. The number of carboxylic acid groups (broad SMARTS) is 1. The van der Waals surface area contributed by atoms with Crippen molar-refractivity contribution in [2.75, 3.05) is 36.1 Å². The van der Waals surface area contributed by atoms with Crippen LogP contribution in [0.1, 0.15) is 10.4 Å². The molecule has 3 unspecified atom stereocenters. The van der Waals surface area contributed by atoms with Gasteiger partial charge in [-0.2, -0.15) is 30.0 Å². The molecule has 2 aromatic rings. The lowest BCUT2D eigenvalue weighted by molar-refractivity contribution is -0.131. The van der Waals surface area contributed by atoms with Crippen LogP contribution in [-0.2, 0) is 64.8 Å². The number of carboxylic acids is 1. The Bertz CT molecular complexity index is 3260. The Balaban J connectivity index is 1.91. The maximum Gasteiger partial charge on any atom is 0.339 e. The number of sulfonamides is 2. The second-order valence-electron chi connectivity index (χ2n) is 13.5. The fraction of sp³-hybridized carbons (Fsp3) is 0.258. The highest BCUT2D eigenvalue weighted by molar-refractivity contribution is 7.90. The highest BCUT2D eigenvalue weighted by Gasteiger charge is 2.39. The Morgan fingerprint density at radius 2 is 1.27 bits per heavy atom. The number of nitrogens with one attached hydrogen (secondary N) is 6. The van der Waals surface area contributed by atoms with E-state index in [9.17, 15) is 80.0 Å². The van der Waals surface area contributed by atoms with Crippen LogP contribution in [0.25, 0.3) is 33.4 Å². The van der Waals surface area contributed by atoms with Gasteiger partial charge in [0, 0.05) is 35.2 Å². The summed E-state index contributed by atoms with van der Waals surface area (Å²) < 4.78 is 198. The van der Waals surface area contributed by atoms with Crippen LogP contribution in [0.3, 0.4) is 0 Å². The molecule has 1 aliphatic carbocycles. The molecule has 2 aromatic carbocycles. The van der Waals surface area contributed by atoms with Crippen LogP contribution in [0.5, 0.6) is 0 Å². The second-order valence-corrected chi connectivity index (χ2v) is 21.3. The lowest BCUT2D eigenvalue weighted by Gasteiger charge is -2.25. The summed E-state index contributed by atoms with van der Waals surface area (Å²) in [6, 6.07) is -3.90. The van der Waals surface area contributed by atoms with Crippen LogP contribution in [0, 0.1) is 17.0 Å². The summed E-state index contributed by atoms with van der Waals surface area (Å²) in [5.74, 6) is -17.3. The topological polar surface area (TPSA) is 443 Å². The van der Waals surface area contributed by atoms with Crippen LogP contribution in [0.4, 0.5) is 14.5 Å². The lowest BCUT2D eigenvalue weighted by Crippen LogP contribution is -2.60. The van der Waals surface area contributed by atoms with Crippen molar-refractivity contribution in [3.05, 3.63) is 59.0 Å². The van der Waals surface area contributed by atoms with E-state index < -0.39 is 194 Å². The maximum absolute atomic E-state index is 16.0. The van der Waals surface area contributed by atoms with Crippen LogP contribution in [0.15, 0.2) is 50.6 Å². The predicted molar refractivity (Wildman–Crippen MR) is 211 cm³/mol. The zero-order chi connectivity index (χ0) is 48.1. The number of carbonyl (C=O) groups excluding carboxylic acids is 3. The molecular weight excluding hydrogens is 973 g/mol. The second kappa shape index (κ2) is 17.7. The third-order valence-electron chi connectivity index (χ3n) is 8.83. The molecule has 5 rings (SSSR count). The number of nitrogens with two attached hydrogens (primary N) is 1. The number of anilines is 1. The van der Waals surface area contributed by atoms with Gasteiger partial charge in [-0.25, -0.2) is 35.1 Å². The molecule has 2 bridgehead atoms. The van der Waals surface area contributed by atoms with Crippen molar-refractivity contribution >= 4 is 90.7 Å². The van der Waals surface area contributed by atoms with Gasteiger partial charge < -0.3 is 31.2 Å². The fourth-order valence-electron chi connectivity index (χ4n) is 6.32. The van der Waals surface area contributed by atoms with Crippen LogP contribution < -0.4 is 36.5 Å². The summed E-state index contributed by atoms with van der Waals surface area (Å²) in [5, 5.41) is 22.1. The minimum absolute atomic E-state index is 0.410. The fourth-order valence-corrected chi connectivity index (χ4v) is 11.1. The molecule has 0 saturated carbocycles. The van der Waals surface area contributed by atoms with Crippen LogP contribution in [0.2, 0.25) is 0 Å².